The second-order valence-corrected chi connectivity index (χ2v) is 22.0. The summed E-state index contributed by atoms with van der Waals surface area (Å²) in [6, 6.07) is 10.7. The minimum atomic E-state index is -7.99. The minimum absolute atomic E-state index is 1.24. The lowest BCUT2D eigenvalue weighted by molar-refractivity contribution is -0.572. The fraction of sp³-hybridized carbons (Fsp3) is 0.281. The fourth-order valence-corrected chi connectivity index (χ4v) is 11.9. The van der Waals surface area contributed by atoms with Crippen LogP contribution in [0.2, 0.25) is 0 Å². The zero-order valence-corrected chi connectivity index (χ0v) is 48.1. The highest BCUT2D eigenvalue weighted by Gasteiger charge is 2.52. The van der Waals surface area contributed by atoms with E-state index in [2.05, 4.69) is 42.6 Å². The van der Waals surface area contributed by atoms with E-state index in [1.807, 2.05) is 0 Å². The second kappa shape index (κ2) is 29.0. The summed E-state index contributed by atoms with van der Waals surface area (Å²) in [6.07, 6.45) is 15.1. The van der Waals surface area contributed by atoms with Crippen molar-refractivity contribution in [2.45, 2.75) is 110 Å². The number of hydrogen-bond donors (Lipinski definition) is 1. The number of para-hydroxylation sites is 1. The number of fused-ring (bicyclic) bond motifs is 4. The van der Waals surface area contributed by atoms with Crippen LogP contribution in [0.15, 0.2) is 30.3 Å². The highest BCUT2D eigenvalue weighted by molar-refractivity contribution is 7.20. The topological polar surface area (TPSA) is 16.6 Å². The van der Waals surface area contributed by atoms with Crippen molar-refractivity contribution in [3.8, 4) is 0 Å². The Labute approximate surface area is 513 Å². The van der Waals surface area contributed by atoms with E-state index in [0.717, 1.165) is 0 Å². The minimum Gasteiger partial charge on any atom is -0.314 e. The molecule has 504 valence electrons. The molecule has 0 aliphatic rings. The molecule has 9 rings (SSSR count). The highest BCUT2D eigenvalue weighted by Crippen LogP contribution is 2.41. The molecular formula is C64H44BF28N. The molecule has 0 fully saturated rings. The van der Waals surface area contributed by atoms with Gasteiger partial charge in [0.05, 0.1) is 49.6 Å². The third-order valence-electron chi connectivity index (χ3n) is 16.5. The summed E-state index contributed by atoms with van der Waals surface area (Å²) in [5, 5.41) is -22.6. The molecule has 0 aliphatic heterocycles. The molecule has 9 aromatic carbocycles. The lowest BCUT2D eigenvalue weighted by atomic mass is 9.12. The Balaban J connectivity index is 0.000000382. The van der Waals surface area contributed by atoms with Gasteiger partial charge < -0.3 is 5.32 Å². The van der Waals surface area contributed by atoms with Gasteiger partial charge in [-0.3, -0.25) is 0 Å². The van der Waals surface area contributed by atoms with Crippen LogP contribution >= 0.6 is 0 Å². The van der Waals surface area contributed by atoms with Gasteiger partial charge in [0, 0.05) is 0 Å². The zero-order valence-electron chi connectivity index (χ0n) is 48.1. The fourth-order valence-electron chi connectivity index (χ4n) is 11.9. The van der Waals surface area contributed by atoms with Crippen LogP contribution in [0, 0.1) is 163 Å². The van der Waals surface area contributed by atoms with E-state index in [1.54, 1.807) is 0 Å². The van der Waals surface area contributed by atoms with E-state index in [1.165, 1.54) is 115 Å². The van der Waals surface area contributed by atoms with Crippen molar-refractivity contribution in [2.24, 2.45) is 0 Å². The number of rotatable bonds is 22. The first-order valence-electron chi connectivity index (χ1n) is 28.8. The second-order valence-electron chi connectivity index (χ2n) is 22.0. The Bertz CT molecular complexity index is 3970. The Kier molecular flexibility index (Phi) is 22.2. The van der Waals surface area contributed by atoms with E-state index >= 15 is 87.8 Å². The van der Waals surface area contributed by atoms with Crippen LogP contribution in [0.1, 0.15) is 110 Å². The summed E-state index contributed by atoms with van der Waals surface area (Å²) < 4.78 is 442. The third-order valence-corrected chi connectivity index (χ3v) is 16.5. The summed E-state index contributed by atoms with van der Waals surface area (Å²) >= 11 is 0. The predicted molar refractivity (Wildman–Crippen MR) is 291 cm³/mol. The van der Waals surface area contributed by atoms with Crippen molar-refractivity contribution in [3.05, 3.63) is 193 Å². The van der Waals surface area contributed by atoms with E-state index in [0.29, 0.717) is 0 Å². The Morgan fingerprint density at radius 3 is 0.606 bits per heavy atom. The monoisotopic (exact) mass is 1370 g/mol. The third kappa shape index (κ3) is 12.1. The molecule has 0 aliphatic carbocycles. The molecule has 0 saturated carbocycles. The normalized spacial score (nSPS) is 12.0. The van der Waals surface area contributed by atoms with Gasteiger partial charge in [0.25, 0.3) is 0 Å². The zero-order chi connectivity index (χ0) is 69.4. The van der Waals surface area contributed by atoms with Crippen molar-refractivity contribution >= 4 is 76.8 Å². The Morgan fingerprint density at radius 1 is 0.213 bits per heavy atom. The van der Waals surface area contributed by atoms with E-state index in [-0.39, 0.29) is 0 Å². The molecule has 30 heteroatoms. The Hall–Kier alpha value is -7.92. The highest BCUT2D eigenvalue weighted by atomic mass is 19.2. The van der Waals surface area contributed by atoms with E-state index < -0.39 is 234 Å². The molecular weight excluding hydrogens is 1330 g/mol. The van der Waals surface area contributed by atoms with Crippen LogP contribution in [-0.4, -0.2) is 12.7 Å². The predicted octanol–water partition coefficient (Wildman–Crippen LogP) is 18.7. The molecule has 0 heterocycles. The molecule has 0 spiro atoms. The number of nitrogens with two attached hydrogens (primary N) is 1. The van der Waals surface area contributed by atoms with Gasteiger partial charge in [0.1, 0.15) is 58.4 Å². The number of halogens is 28. The maximum absolute atomic E-state index is 17.4. The summed E-state index contributed by atoms with van der Waals surface area (Å²) in [5.74, 6) is -102. The van der Waals surface area contributed by atoms with Crippen molar-refractivity contribution in [2.75, 3.05) is 6.54 Å². The quantitative estimate of drug-likeness (QED) is 0.0174. The molecule has 0 aromatic heterocycles. The maximum Gasteiger partial charge on any atom is 0.198 e. The summed E-state index contributed by atoms with van der Waals surface area (Å²) in [6.45, 7) is 3.53. The van der Waals surface area contributed by atoms with Crippen molar-refractivity contribution in [3.63, 3.8) is 0 Å². The molecule has 9 aromatic rings. The molecule has 94 heavy (non-hydrogen) atoms. The molecule has 1 nitrogen and oxygen atoms in total. The number of benzene rings is 9. The summed E-state index contributed by atoms with van der Waals surface area (Å²) in [5.41, 5.74) is -14.5. The lowest BCUT2D eigenvalue weighted by Gasteiger charge is -2.45. The number of hydrogen-bond acceptors (Lipinski definition) is 0. The average molecular weight is 1370 g/mol. The van der Waals surface area contributed by atoms with Crippen LogP contribution < -0.4 is 27.2 Å². The van der Waals surface area contributed by atoms with Gasteiger partial charge in [-0.15, -0.1) is 21.9 Å². The molecule has 2 N–H and O–H groups in total. The van der Waals surface area contributed by atoms with E-state index in [4.69, 9.17) is 0 Å². The van der Waals surface area contributed by atoms with Gasteiger partial charge in [-0.25, -0.2) is 123 Å². The first-order valence-corrected chi connectivity index (χ1v) is 28.8. The maximum atomic E-state index is 17.4. The van der Waals surface area contributed by atoms with Crippen molar-refractivity contribution in [1.82, 2.24) is 0 Å². The van der Waals surface area contributed by atoms with Crippen LogP contribution in [0.5, 0.6) is 0 Å². The van der Waals surface area contributed by atoms with Crippen molar-refractivity contribution in [1.29, 1.82) is 0 Å². The average Bonchev–Trinajstić information content (AvgIpc) is 0.670. The van der Waals surface area contributed by atoms with Gasteiger partial charge in [-0.05, 0) is 25.0 Å². The van der Waals surface area contributed by atoms with Crippen LogP contribution in [0.3, 0.4) is 0 Å². The largest absolute Gasteiger partial charge is 0.314 e. The van der Waals surface area contributed by atoms with Crippen molar-refractivity contribution < 1.29 is 128 Å². The molecule has 0 amide bonds. The van der Waals surface area contributed by atoms with Gasteiger partial charge in [-0.2, -0.15) is 0 Å². The molecule has 0 atom stereocenters. The SMILES string of the molecule is CCCCCCCCCCCCCCCCCC[NH2+]c1ccccc1.Fc1c(F)c(F)c2c(F)c([B-](c3c(F)c(F)c4c(F)c(F)c(F)c(F)c4c3F)(c3c(F)c(F)c4c(F)c(F)c(F)c(F)c4c3F)c3c(F)c(F)c4c(F)c(F)c(F)c(F)c4c3F)c(F)c(F)c2c1F. The van der Waals surface area contributed by atoms with Crippen LogP contribution in [0.25, 0.3) is 43.1 Å². The van der Waals surface area contributed by atoms with Gasteiger partial charge in [-0.1, -0.05) is 115 Å². The first kappa shape index (κ1) is 71.9. The molecule has 0 unspecified atom stereocenters. The number of unbranched alkanes of at least 4 members (excludes halogenated alkanes) is 15. The first-order chi connectivity index (χ1) is 44.4. The van der Waals surface area contributed by atoms with E-state index in [9.17, 15) is 35.1 Å². The number of quaternary nitrogens is 1. The summed E-state index contributed by atoms with van der Waals surface area (Å²) in [7, 11) is 0. The standard InChI is InChI=1S/C40BF28.C24H43N/c42-13-1-5(25(54)37(66)33(62)21(1)50)17(46)29(58)9(13)41(10-14(43)2-6(18(47)30(10)59)26(55)38(67)34(63)22(2)51,11-15(44)3-7(19(48)31(11)60)27(56)39(68)35(64)23(3)52)12-16(45)4-8(20(49)32(12)61)28(57)40(69)36(65)24(4)53;1-2-3-4-5-6-7-8-9-10-11-12-13-14-15-16-20-23-25-24-21-18-17-19-22-24/h;17-19,21-22,25H,2-16,20,23H2,1H3/q-1;/p+1. The molecule has 0 bridgehead atoms. The molecule has 0 radical (unpaired) electrons. The van der Waals surface area contributed by atoms with Gasteiger partial charge in [0.2, 0.25) is 0 Å². The lowest BCUT2D eigenvalue weighted by Crippen LogP contribution is -2.80. The smallest absolute Gasteiger partial charge is 0.198 e. The van der Waals surface area contributed by atoms with Gasteiger partial charge >= 0.3 is 0 Å². The van der Waals surface area contributed by atoms with Crippen LogP contribution in [0.4, 0.5) is 129 Å². The van der Waals surface area contributed by atoms with Crippen LogP contribution in [-0.2, 0) is 0 Å². The summed E-state index contributed by atoms with van der Waals surface area (Å²) in [4.78, 5) is 0. The molecule has 0 saturated heterocycles. The Morgan fingerprint density at radius 2 is 0.394 bits per heavy atom. The van der Waals surface area contributed by atoms with Gasteiger partial charge in [0.15, 0.2) is 116 Å².